The van der Waals surface area contributed by atoms with Gasteiger partial charge in [-0.05, 0) is 34.7 Å². The Balaban J connectivity index is 2.03. The average Bonchev–Trinajstić information content (AvgIpc) is 3.07. The van der Waals surface area contributed by atoms with Gasteiger partial charge in [0.2, 0.25) is 5.91 Å². The molecular weight excluding hydrogens is 310 g/mol. The molecule has 2 heterocycles. The zero-order chi connectivity index (χ0) is 15.5. The summed E-state index contributed by atoms with van der Waals surface area (Å²) < 4.78 is 26.5. The van der Waals surface area contributed by atoms with Gasteiger partial charge in [0.1, 0.15) is 4.90 Å². The molecule has 0 aromatic carbocycles. The summed E-state index contributed by atoms with van der Waals surface area (Å²) in [5.41, 5.74) is 1.52. The molecule has 0 aliphatic rings. The number of nitrogens with zero attached hydrogens (tertiary/aromatic N) is 1. The Hall–Kier alpha value is -1.67. The highest BCUT2D eigenvalue weighted by Crippen LogP contribution is 2.20. The van der Waals surface area contributed by atoms with Crippen molar-refractivity contribution in [2.45, 2.75) is 37.5 Å². The molecule has 6 nitrogen and oxygen atoms in total. The number of thiophene rings is 1. The minimum Gasteiger partial charge on any atom is -0.281 e. The molecule has 0 aliphatic heterocycles. The average molecular weight is 327 g/mol. The SMILES string of the molecule is CC(C)c1[nH]ncc1S(=O)(=O)NC(=O)CCc1ccsc1. The molecule has 114 valence electrons. The van der Waals surface area contributed by atoms with Crippen LogP contribution >= 0.6 is 11.3 Å². The number of nitrogens with one attached hydrogen (secondary N) is 2. The molecular formula is C13H17N3O3S2. The number of rotatable bonds is 6. The van der Waals surface area contributed by atoms with Crippen LogP contribution in [0.2, 0.25) is 0 Å². The fourth-order valence-electron chi connectivity index (χ4n) is 1.86. The summed E-state index contributed by atoms with van der Waals surface area (Å²) in [6.45, 7) is 3.70. The van der Waals surface area contributed by atoms with E-state index in [0.29, 0.717) is 12.1 Å². The van der Waals surface area contributed by atoms with Crippen molar-refractivity contribution in [1.82, 2.24) is 14.9 Å². The molecule has 2 rings (SSSR count). The third-order valence-electron chi connectivity index (χ3n) is 2.97. The second-order valence-electron chi connectivity index (χ2n) is 4.96. The molecule has 8 heteroatoms. The lowest BCUT2D eigenvalue weighted by Crippen LogP contribution is -2.31. The molecule has 0 radical (unpaired) electrons. The fraction of sp³-hybridized carbons (Fsp3) is 0.385. The predicted molar refractivity (Wildman–Crippen MR) is 80.6 cm³/mol. The minimum absolute atomic E-state index is 0.0278. The van der Waals surface area contributed by atoms with Gasteiger partial charge in [0.25, 0.3) is 10.0 Å². The van der Waals surface area contributed by atoms with E-state index < -0.39 is 15.9 Å². The number of aromatic amines is 1. The lowest BCUT2D eigenvalue weighted by atomic mass is 10.1. The fourth-order valence-corrected chi connectivity index (χ4v) is 3.84. The molecule has 2 aromatic heterocycles. The first-order valence-electron chi connectivity index (χ1n) is 6.50. The lowest BCUT2D eigenvalue weighted by Gasteiger charge is -2.08. The van der Waals surface area contributed by atoms with Gasteiger partial charge in [-0.2, -0.15) is 16.4 Å². The number of hydrogen-bond acceptors (Lipinski definition) is 5. The number of aromatic nitrogens is 2. The molecule has 21 heavy (non-hydrogen) atoms. The number of carbonyl (C=O) groups excluding carboxylic acids is 1. The van der Waals surface area contributed by atoms with Crippen LogP contribution in [0.25, 0.3) is 0 Å². The summed E-state index contributed by atoms with van der Waals surface area (Å²) in [6, 6.07) is 1.92. The molecule has 2 N–H and O–H groups in total. The van der Waals surface area contributed by atoms with Crippen molar-refractivity contribution in [2.24, 2.45) is 0 Å². The molecule has 0 saturated heterocycles. The van der Waals surface area contributed by atoms with Crippen LogP contribution < -0.4 is 4.72 Å². The molecule has 2 aromatic rings. The standard InChI is InChI=1S/C13H17N3O3S2/c1-9(2)13-11(7-14-15-13)21(18,19)16-12(17)4-3-10-5-6-20-8-10/h5-9H,3-4H2,1-2H3,(H,14,15)(H,16,17). The van der Waals surface area contributed by atoms with Crippen molar-refractivity contribution in [3.8, 4) is 0 Å². The Morgan fingerprint density at radius 1 is 1.48 bits per heavy atom. The van der Waals surface area contributed by atoms with Crippen molar-refractivity contribution in [2.75, 3.05) is 0 Å². The van der Waals surface area contributed by atoms with Crippen LogP contribution in [0.4, 0.5) is 0 Å². The van der Waals surface area contributed by atoms with Crippen molar-refractivity contribution in [3.05, 3.63) is 34.3 Å². The van der Waals surface area contributed by atoms with Crippen molar-refractivity contribution in [3.63, 3.8) is 0 Å². The first-order chi connectivity index (χ1) is 9.90. The molecule has 0 spiro atoms. The molecule has 0 fully saturated rings. The van der Waals surface area contributed by atoms with Crippen LogP contribution in [0.1, 0.15) is 37.4 Å². The Morgan fingerprint density at radius 3 is 2.86 bits per heavy atom. The zero-order valence-electron chi connectivity index (χ0n) is 11.8. The van der Waals surface area contributed by atoms with Crippen LogP contribution in [-0.4, -0.2) is 24.5 Å². The normalized spacial score (nSPS) is 11.8. The van der Waals surface area contributed by atoms with E-state index in [1.54, 1.807) is 11.3 Å². The molecule has 0 unspecified atom stereocenters. The monoisotopic (exact) mass is 327 g/mol. The molecule has 0 bridgehead atoms. The summed E-state index contributed by atoms with van der Waals surface area (Å²) in [5.74, 6) is -0.544. The summed E-state index contributed by atoms with van der Waals surface area (Å²) in [6.07, 6.45) is 1.88. The largest absolute Gasteiger partial charge is 0.281 e. The van der Waals surface area contributed by atoms with Crippen LogP contribution in [0.3, 0.4) is 0 Å². The lowest BCUT2D eigenvalue weighted by molar-refractivity contribution is -0.119. The Kier molecular flexibility index (Phi) is 4.79. The van der Waals surface area contributed by atoms with E-state index >= 15 is 0 Å². The van der Waals surface area contributed by atoms with E-state index in [1.165, 1.54) is 6.20 Å². The topological polar surface area (TPSA) is 91.9 Å². The predicted octanol–water partition coefficient (Wildman–Crippen LogP) is 2.03. The Morgan fingerprint density at radius 2 is 2.24 bits per heavy atom. The highest BCUT2D eigenvalue weighted by Gasteiger charge is 2.24. The smallest absolute Gasteiger partial charge is 0.267 e. The number of aryl methyl sites for hydroxylation is 1. The van der Waals surface area contributed by atoms with Gasteiger partial charge in [0.05, 0.1) is 11.9 Å². The first-order valence-corrected chi connectivity index (χ1v) is 8.92. The summed E-state index contributed by atoms with van der Waals surface area (Å²) in [4.78, 5) is 11.8. The number of H-pyrrole nitrogens is 1. The van der Waals surface area contributed by atoms with Gasteiger partial charge in [-0.25, -0.2) is 13.1 Å². The van der Waals surface area contributed by atoms with E-state index in [9.17, 15) is 13.2 Å². The van der Waals surface area contributed by atoms with Crippen LogP contribution in [-0.2, 0) is 21.2 Å². The van der Waals surface area contributed by atoms with Crippen molar-refractivity contribution < 1.29 is 13.2 Å². The van der Waals surface area contributed by atoms with Crippen LogP contribution in [0, 0.1) is 0 Å². The zero-order valence-corrected chi connectivity index (χ0v) is 13.4. The third-order valence-corrected chi connectivity index (χ3v) is 5.10. The first kappa shape index (κ1) is 15.7. The van der Waals surface area contributed by atoms with Gasteiger partial charge in [-0.1, -0.05) is 13.8 Å². The number of sulfonamides is 1. The van der Waals surface area contributed by atoms with E-state index in [-0.39, 0.29) is 17.2 Å². The number of carbonyl (C=O) groups is 1. The second-order valence-corrected chi connectivity index (χ2v) is 7.39. The maximum atomic E-state index is 12.2. The number of hydrogen-bond donors (Lipinski definition) is 2. The summed E-state index contributed by atoms with van der Waals surface area (Å²) >= 11 is 1.55. The highest BCUT2D eigenvalue weighted by molar-refractivity contribution is 7.90. The summed E-state index contributed by atoms with van der Waals surface area (Å²) in [5, 5.41) is 10.3. The third kappa shape index (κ3) is 3.92. The van der Waals surface area contributed by atoms with Crippen molar-refractivity contribution in [1.29, 1.82) is 0 Å². The number of amides is 1. The molecule has 0 aliphatic carbocycles. The Labute approximate surface area is 127 Å². The van der Waals surface area contributed by atoms with E-state index in [1.807, 2.05) is 30.7 Å². The second kappa shape index (κ2) is 6.40. The Bertz CT molecular complexity index is 703. The molecule has 0 saturated carbocycles. The minimum atomic E-state index is -3.87. The maximum absolute atomic E-state index is 12.2. The quantitative estimate of drug-likeness (QED) is 0.849. The van der Waals surface area contributed by atoms with Gasteiger partial charge in [-0.3, -0.25) is 9.89 Å². The van der Waals surface area contributed by atoms with Gasteiger partial charge in [0, 0.05) is 6.42 Å². The maximum Gasteiger partial charge on any atom is 0.267 e. The highest BCUT2D eigenvalue weighted by atomic mass is 32.2. The van der Waals surface area contributed by atoms with Gasteiger partial charge < -0.3 is 0 Å². The summed E-state index contributed by atoms with van der Waals surface area (Å²) in [7, 11) is -3.87. The van der Waals surface area contributed by atoms with Crippen LogP contribution in [0.15, 0.2) is 27.9 Å². The van der Waals surface area contributed by atoms with E-state index in [2.05, 4.69) is 14.9 Å². The van der Waals surface area contributed by atoms with Gasteiger partial charge in [-0.15, -0.1) is 0 Å². The van der Waals surface area contributed by atoms with Gasteiger partial charge in [0.15, 0.2) is 0 Å². The van der Waals surface area contributed by atoms with E-state index in [0.717, 1.165) is 5.56 Å². The van der Waals surface area contributed by atoms with Crippen LogP contribution in [0.5, 0.6) is 0 Å². The molecule has 0 atom stereocenters. The van der Waals surface area contributed by atoms with Crippen molar-refractivity contribution >= 4 is 27.3 Å². The van der Waals surface area contributed by atoms with Gasteiger partial charge >= 0.3 is 0 Å². The molecule has 1 amide bonds. The van der Waals surface area contributed by atoms with E-state index in [4.69, 9.17) is 0 Å².